The van der Waals surface area contributed by atoms with Gasteiger partial charge in [-0.3, -0.25) is 14.9 Å². The van der Waals surface area contributed by atoms with Gasteiger partial charge in [-0.15, -0.1) is 0 Å². The van der Waals surface area contributed by atoms with Crippen LogP contribution in [0.5, 0.6) is 5.75 Å². The fraction of sp³-hybridized carbons (Fsp3) is 0.211. The highest BCUT2D eigenvalue weighted by atomic mass is 16.5. The lowest BCUT2D eigenvalue weighted by molar-refractivity contribution is 0.0879. The van der Waals surface area contributed by atoms with Gasteiger partial charge in [-0.2, -0.15) is 0 Å². The Morgan fingerprint density at radius 3 is 2.35 bits per heavy atom. The minimum Gasteiger partial charge on any atom is -0.494 e. The third-order valence-corrected chi connectivity index (χ3v) is 3.87. The van der Waals surface area contributed by atoms with Crippen molar-refractivity contribution in [1.82, 2.24) is 5.32 Å². The van der Waals surface area contributed by atoms with Crippen molar-refractivity contribution in [2.75, 3.05) is 17.2 Å². The summed E-state index contributed by atoms with van der Waals surface area (Å²) < 4.78 is 5.57. The Kier molecular flexibility index (Phi) is 5.17. The van der Waals surface area contributed by atoms with Gasteiger partial charge in [-0.1, -0.05) is 13.3 Å². The largest absolute Gasteiger partial charge is 0.494 e. The van der Waals surface area contributed by atoms with Crippen LogP contribution in [0.25, 0.3) is 0 Å². The van der Waals surface area contributed by atoms with E-state index in [1.165, 1.54) is 12.1 Å². The first-order valence-electron chi connectivity index (χ1n) is 8.37. The summed E-state index contributed by atoms with van der Waals surface area (Å²) in [6, 6.07) is 11.2. The Morgan fingerprint density at radius 1 is 0.962 bits per heavy atom. The molecule has 0 bridgehead atoms. The molecule has 26 heavy (non-hydrogen) atoms. The second-order valence-electron chi connectivity index (χ2n) is 5.85. The number of anilines is 2. The van der Waals surface area contributed by atoms with Crippen molar-refractivity contribution in [3.05, 3.63) is 53.6 Å². The third kappa shape index (κ3) is 4.00. The molecule has 7 heteroatoms. The number of ether oxygens (including phenoxy) is 1. The van der Waals surface area contributed by atoms with Gasteiger partial charge >= 0.3 is 6.03 Å². The van der Waals surface area contributed by atoms with Crippen LogP contribution >= 0.6 is 0 Å². The van der Waals surface area contributed by atoms with Crippen molar-refractivity contribution in [3.63, 3.8) is 0 Å². The van der Waals surface area contributed by atoms with Crippen LogP contribution in [-0.2, 0) is 0 Å². The molecule has 0 fully saturated rings. The maximum absolute atomic E-state index is 12.1. The average molecular weight is 353 g/mol. The van der Waals surface area contributed by atoms with Gasteiger partial charge in [-0.25, -0.2) is 4.79 Å². The summed E-state index contributed by atoms with van der Waals surface area (Å²) in [4.78, 5) is 35.3. The smallest absolute Gasteiger partial charge is 0.323 e. The molecule has 4 amide bonds. The molecule has 7 nitrogen and oxygen atoms in total. The number of rotatable bonds is 6. The van der Waals surface area contributed by atoms with E-state index in [0.29, 0.717) is 23.5 Å². The lowest BCUT2D eigenvalue weighted by Crippen LogP contribution is -2.20. The Bertz CT molecular complexity index is 846. The van der Waals surface area contributed by atoms with Crippen LogP contribution in [0.15, 0.2) is 42.5 Å². The van der Waals surface area contributed by atoms with Gasteiger partial charge in [0.15, 0.2) is 0 Å². The molecular weight excluding hydrogens is 334 g/mol. The molecule has 0 aromatic heterocycles. The summed E-state index contributed by atoms with van der Waals surface area (Å²) >= 11 is 0. The molecule has 0 radical (unpaired) electrons. The second-order valence-corrected chi connectivity index (χ2v) is 5.85. The van der Waals surface area contributed by atoms with Gasteiger partial charge in [0.05, 0.1) is 17.7 Å². The second kappa shape index (κ2) is 7.69. The van der Waals surface area contributed by atoms with E-state index in [0.717, 1.165) is 18.6 Å². The van der Waals surface area contributed by atoms with Crippen LogP contribution in [0.4, 0.5) is 16.2 Å². The maximum Gasteiger partial charge on any atom is 0.323 e. The summed E-state index contributed by atoms with van der Waals surface area (Å²) in [6.07, 6.45) is 2.06. The highest BCUT2D eigenvalue weighted by Crippen LogP contribution is 2.21. The van der Waals surface area contributed by atoms with Crippen LogP contribution < -0.4 is 20.7 Å². The van der Waals surface area contributed by atoms with Crippen LogP contribution in [0.2, 0.25) is 0 Å². The molecule has 1 heterocycles. The molecule has 3 rings (SSSR count). The zero-order valence-corrected chi connectivity index (χ0v) is 14.3. The van der Waals surface area contributed by atoms with E-state index in [9.17, 15) is 14.4 Å². The molecule has 0 unspecified atom stereocenters. The lowest BCUT2D eigenvalue weighted by atomic mass is 10.1. The molecule has 134 valence electrons. The lowest BCUT2D eigenvalue weighted by Gasteiger charge is -2.09. The number of carbonyl (C=O) groups excluding carboxylic acids is 3. The Balaban J connectivity index is 1.58. The monoisotopic (exact) mass is 353 g/mol. The van der Waals surface area contributed by atoms with Crippen molar-refractivity contribution in [3.8, 4) is 5.75 Å². The number of hydrogen-bond acceptors (Lipinski definition) is 4. The third-order valence-electron chi connectivity index (χ3n) is 3.87. The van der Waals surface area contributed by atoms with E-state index < -0.39 is 17.8 Å². The predicted molar refractivity (Wildman–Crippen MR) is 97.7 cm³/mol. The molecule has 1 aliphatic heterocycles. The normalized spacial score (nSPS) is 12.3. The van der Waals surface area contributed by atoms with Crippen LogP contribution in [0.3, 0.4) is 0 Å². The predicted octanol–water partition coefficient (Wildman–Crippen LogP) is 3.39. The number of hydrogen-bond donors (Lipinski definition) is 3. The molecule has 0 saturated carbocycles. The van der Waals surface area contributed by atoms with Gasteiger partial charge in [0, 0.05) is 11.4 Å². The fourth-order valence-electron chi connectivity index (χ4n) is 2.51. The average Bonchev–Trinajstić information content (AvgIpc) is 2.90. The zero-order chi connectivity index (χ0) is 18.5. The molecule has 2 aromatic rings. The number of unbranched alkanes of at least 4 members (excludes halogenated alkanes) is 1. The summed E-state index contributed by atoms with van der Waals surface area (Å²) in [6.45, 7) is 2.76. The Hall–Kier alpha value is -3.35. The summed E-state index contributed by atoms with van der Waals surface area (Å²) in [5, 5.41) is 7.55. The van der Waals surface area contributed by atoms with Crippen molar-refractivity contribution >= 4 is 29.2 Å². The first-order chi connectivity index (χ1) is 12.6. The first kappa shape index (κ1) is 17.5. The molecule has 0 atom stereocenters. The number of urea groups is 1. The number of carbonyl (C=O) groups is 3. The van der Waals surface area contributed by atoms with Gasteiger partial charge in [-0.05, 0) is 48.9 Å². The van der Waals surface area contributed by atoms with Crippen LogP contribution in [-0.4, -0.2) is 24.5 Å². The van der Waals surface area contributed by atoms with Gasteiger partial charge in [0.1, 0.15) is 5.75 Å². The van der Waals surface area contributed by atoms with E-state index in [-0.39, 0.29) is 5.56 Å². The van der Waals surface area contributed by atoms with Gasteiger partial charge < -0.3 is 15.4 Å². The quantitative estimate of drug-likeness (QED) is 0.548. The van der Waals surface area contributed by atoms with E-state index in [1.807, 2.05) is 0 Å². The SMILES string of the molecule is CCCCOc1ccc(NC(=O)Nc2ccc3c(c2)C(=O)NC3=O)cc1. The van der Waals surface area contributed by atoms with Crippen molar-refractivity contribution in [2.45, 2.75) is 19.8 Å². The standard InChI is InChI=1S/C19H19N3O4/c1-2-3-10-26-14-7-4-12(5-8-14)20-19(25)21-13-6-9-15-16(11-13)18(24)22-17(15)23/h4-9,11H,2-3,10H2,1H3,(H2,20,21,25)(H,22,23,24). The molecule has 0 saturated heterocycles. The van der Waals surface area contributed by atoms with Crippen molar-refractivity contribution < 1.29 is 19.1 Å². The molecule has 0 aliphatic carbocycles. The molecule has 2 aromatic carbocycles. The molecular formula is C19H19N3O4. The number of fused-ring (bicyclic) bond motifs is 1. The summed E-state index contributed by atoms with van der Waals surface area (Å²) in [5.74, 6) is -0.145. The van der Waals surface area contributed by atoms with Gasteiger partial charge in [0.25, 0.3) is 11.8 Å². The minimum absolute atomic E-state index is 0.251. The highest BCUT2D eigenvalue weighted by Gasteiger charge is 2.26. The van der Waals surface area contributed by atoms with Crippen LogP contribution in [0, 0.1) is 0 Å². The van der Waals surface area contributed by atoms with Crippen molar-refractivity contribution in [2.24, 2.45) is 0 Å². The molecule has 1 aliphatic rings. The fourth-order valence-corrected chi connectivity index (χ4v) is 2.51. The van der Waals surface area contributed by atoms with E-state index in [2.05, 4.69) is 22.9 Å². The molecule has 3 N–H and O–H groups in total. The summed E-state index contributed by atoms with van der Waals surface area (Å²) in [5.41, 5.74) is 1.59. The number of imide groups is 1. The topological polar surface area (TPSA) is 96.5 Å². The Morgan fingerprint density at radius 2 is 1.62 bits per heavy atom. The molecule has 0 spiro atoms. The minimum atomic E-state index is -0.465. The van der Waals surface area contributed by atoms with E-state index in [4.69, 9.17) is 4.74 Å². The highest BCUT2D eigenvalue weighted by molar-refractivity contribution is 6.22. The first-order valence-corrected chi connectivity index (χ1v) is 8.37. The van der Waals surface area contributed by atoms with Gasteiger partial charge in [0.2, 0.25) is 0 Å². The number of amides is 4. The zero-order valence-electron chi connectivity index (χ0n) is 14.3. The van der Waals surface area contributed by atoms with Crippen molar-refractivity contribution in [1.29, 1.82) is 0 Å². The Labute approximate surface area is 150 Å². The number of nitrogens with one attached hydrogen (secondary N) is 3. The van der Waals surface area contributed by atoms with E-state index >= 15 is 0 Å². The van der Waals surface area contributed by atoms with E-state index in [1.54, 1.807) is 30.3 Å². The maximum atomic E-state index is 12.1. The number of benzene rings is 2. The van der Waals surface area contributed by atoms with Crippen LogP contribution in [0.1, 0.15) is 40.5 Å². The summed E-state index contributed by atoms with van der Waals surface area (Å²) in [7, 11) is 0.